The van der Waals surface area contributed by atoms with E-state index in [1.807, 2.05) is 20.8 Å². The number of nitrogens with one attached hydrogen (secondary N) is 3. The van der Waals surface area contributed by atoms with Crippen molar-refractivity contribution in [3.05, 3.63) is 29.8 Å². The summed E-state index contributed by atoms with van der Waals surface area (Å²) in [5.41, 5.74) is 6.59. The van der Waals surface area contributed by atoms with Gasteiger partial charge in [0.2, 0.25) is 17.7 Å². The summed E-state index contributed by atoms with van der Waals surface area (Å²) >= 11 is 0. The van der Waals surface area contributed by atoms with E-state index in [1.165, 1.54) is 12.1 Å². The Morgan fingerprint density at radius 1 is 1.03 bits per heavy atom. The number of nitrogens with two attached hydrogens (primary N) is 1. The van der Waals surface area contributed by atoms with Gasteiger partial charge in [0.25, 0.3) is 0 Å². The molecule has 0 aromatic heterocycles. The van der Waals surface area contributed by atoms with Gasteiger partial charge in [0.15, 0.2) is 0 Å². The number of carbonyl (C=O) groups is 3. The molecule has 3 amide bonds. The molecule has 0 heterocycles. The van der Waals surface area contributed by atoms with E-state index in [-0.39, 0.29) is 30.7 Å². The summed E-state index contributed by atoms with van der Waals surface area (Å²) in [5, 5.41) is 26.2. The molecule has 0 aliphatic rings. The van der Waals surface area contributed by atoms with Gasteiger partial charge < -0.3 is 31.9 Å². The molecule has 1 rings (SSSR count). The second-order valence-electron chi connectivity index (χ2n) is 7.54. The van der Waals surface area contributed by atoms with Gasteiger partial charge in [-0.3, -0.25) is 14.4 Å². The molecule has 0 fully saturated rings. The number of phenols is 1. The second kappa shape index (κ2) is 12.0. The third kappa shape index (κ3) is 9.40. The standard InChI is InChI=1S/C20H32N4O5/c1-12(2)8-13(3)23-18(27)10-22-20(29)17(11-25)24-19(28)16(21)9-14-4-6-15(26)7-5-14/h4-7,12-13,16-17,25-26H,8-11,21H2,1-3H3,(H,22,29)(H,23,27)(H,24,28)/t13?,16-,17+/m0/s1. The first-order chi connectivity index (χ1) is 13.6. The van der Waals surface area contributed by atoms with Gasteiger partial charge in [-0.05, 0) is 43.4 Å². The van der Waals surface area contributed by atoms with E-state index >= 15 is 0 Å². The first-order valence-electron chi connectivity index (χ1n) is 9.64. The Bertz CT molecular complexity index is 678. The predicted molar refractivity (Wildman–Crippen MR) is 109 cm³/mol. The Morgan fingerprint density at radius 3 is 2.21 bits per heavy atom. The Morgan fingerprint density at radius 2 is 1.66 bits per heavy atom. The lowest BCUT2D eigenvalue weighted by atomic mass is 10.1. The van der Waals surface area contributed by atoms with E-state index in [0.717, 1.165) is 12.0 Å². The van der Waals surface area contributed by atoms with E-state index in [0.29, 0.717) is 5.92 Å². The van der Waals surface area contributed by atoms with Crippen molar-refractivity contribution in [2.24, 2.45) is 11.7 Å². The zero-order chi connectivity index (χ0) is 22.0. The molecule has 7 N–H and O–H groups in total. The molecule has 0 saturated carbocycles. The number of hydrogen-bond acceptors (Lipinski definition) is 6. The number of aromatic hydroxyl groups is 1. The fourth-order valence-corrected chi connectivity index (χ4v) is 2.83. The quantitative estimate of drug-likeness (QED) is 0.288. The molecule has 3 atom stereocenters. The highest BCUT2D eigenvalue weighted by molar-refractivity contribution is 5.92. The lowest BCUT2D eigenvalue weighted by molar-refractivity contribution is -0.131. The minimum Gasteiger partial charge on any atom is -0.508 e. The van der Waals surface area contributed by atoms with Crippen LogP contribution in [0.15, 0.2) is 24.3 Å². The number of benzene rings is 1. The highest BCUT2D eigenvalue weighted by Gasteiger charge is 2.23. The summed E-state index contributed by atoms with van der Waals surface area (Å²) in [6.45, 7) is 5.09. The molecule has 0 spiro atoms. The van der Waals surface area contributed by atoms with E-state index in [2.05, 4.69) is 16.0 Å². The third-order valence-electron chi connectivity index (χ3n) is 4.20. The molecule has 1 aromatic rings. The molecular formula is C20H32N4O5. The van der Waals surface area contributed by atoms with Crippen molar-refractivity contribution in [3.8, 4) is 5.75 Å². The average molecular weight is 408 g/mol. The number of amides is 3. The van der Waals surface area contributed by atoms with Crippen LogP contribution in [0.3, 0.4) is 0 Å². The molecule has 0 radical (unpaired) electrons. The normalized spacial score (nSPS) is 14.0. The molecule has 0 bridgehead atoms. The molecule has 1 aromatic carbocycles. The minimum atomic E-state index is -1.21. The molecule has 9 heteroatoms. The minimum absolute atomic E-state index is 0.0226. The van der Waals surface area contributed by atoms with Crippen LogP contribution in [-0.2, 0) is 20.8 Å². The lowest BCUT2D eigenvalue weighted by Crippen LogP contribution is -2.54. The average Bonchev–Trinajstić information content (AvgIpc) is 2.64. The molecule has 0 aliphatic heterocycles. The smallest absolute Gasteiger partial charge is 0.245 e. The number of aliphatic hydroxyl groups is 1. The molecule has 1 unspecified atom stereocenters. The maximum Gasteiger partial charge on any atom is 0.245 e. The fraction of sp³-hybridized carbons (Fsp3) is 0.550. The van der Waals surface area contributed by atoms with Gasteiger partial charge in [-0.25, -0.2) is 0 Å². The summed E-state index contributed by atoms with van der Waals surface area (Å²) in [4.78, 5) is 36.3. The first-order valence-corrected chi connectivity index (χ1v) is 9.64. The topological polar surface area (TPSA) is 154 Å². The van der Waals surface area contributed by atoms with Crippen LogP contribution >= 0.6 is 0 Å². The van der Waals surface area contributed by atoms with E-state index in [1.54, 1.807) is 12.1 Å². The van der Waals surface area contributed by atoms with Crippen molar-refractivity contribution in [3.63, 3.8) is 0 Å². The van der Waals surface area contributed by atoms with Crippen LogP contribution in [0, 0.1) is 5.92 Å². The zero-order valence-electron chi connectivity index (χ0n) is 17.1. The van der Waals surface area contributed by atoms with Crippen LogP contribution in [0.4, 0.5) is 0 Å². The molecular weight excluding hydrogens is 376 g/mol. The van der Waals surface area contributed by atoms with Crippen LogP contribution in [-0.4, -0.2) is 59.2 Å². The van der Waals surface area contributed by atoms with Gasteiger partial charge in [-0.1, -0.05) is 26.0 Å². The molecule has 9 nitrogen and oxygen atoms in total. The summed E-state index contributed by atoms with van der Waals surface area (Å²) in [7, 11) is 0. The van der Waals surface area contributed by atoms with Crippen molar-refractivity contribution >= 4 is 17.7 Å². The highest BCUT2D eigenvalue weighted by Crippen LogP contribution is 2.11. The van der Waals surface area contributed by atoms with E-state index in [9.17, 15) is 24.6 Å². The van der Waals surface area contributed by atoms with Crippen molar-refractivity contribution in [2.45, 2.75) is 51.7 Å². The van der Waals surface area contributed by atoms with Crippen LogP contribution in [0.1, 0.15) is 32.8 Å². The summed E-state index contributed by atoms with van der Waals surface area (Å²) in [5.74, 6) is -1.10. The number of hydrogen-bond donors (Lipinski definition) is 6. The molecule has 29 heavy (non-hydrogen) atoms. The van der Waals surface area contributed by atoms with Gasteiger partial charge in [-0.2, -0.15) is 0 Å². The lowest BCUT2D eigenvalue weighted by Gasteiger charge is -2.20. The van der Waals surface area contributed by atoms with Crippen LogP contribution in [0.2, 0.25) is 0 Å². The van der Waals surface area contributed by atoms with Gasteiger partial charge in [-0.15, -0.1) is 0 Å². The van der Waals surface area contributed by atoms with Crippen molar-refractivity contribution < 1.29 is 24.6 Å². The molecule has 0 saturated heterocycles. The van der Waals surface area contributed by atoms with Crippen LogP contribution in [0.5, 0.6) is 5.75 Å². The van der Waals surface area contributed by atoms with Gasteiger partial charge in [0.05, 0.1) is 19.2 Å². The van der Waals surface area contributed by atoms with Crippen molar-refractivity contribution in [2.75, 3.05) is 13.2 Å². The third-order valence-corrected chi connectivity index (χ3v) is 4.20. The van der Waals surface area contributed by atoms with Crippen molar-refractivity contribution in [1.29, 1.82) is 0 Å². The first kappa shape index (κ1) is 24.4. The Labute approximate surface area is 171 Å². The van der Waals surface area contributed by atoms with Crippen LogP contribution in [0.25, 0.3) is 0 Å². The van der Waals surface area contributed by atoms with E-state index in [4.69, 9.17) is 5.73 Å². The SMILES string of the molecule is CC(C)CC(C)NC(=O)CNC(=O)[C@@H](CO)NC(=O)[C@@H](N)Cc1ccc(O)cc1. The number of carbonyl (C=O) groups excluding carboxylic acids is 3. The molecule has 0 aliphatic carbocycles. The number of phenolic OH excluding ortho intramolecular Hbond substituents is 1. The largest absolute Gasteiger partial charge is 0.508 e. The Kier molecular flexibility index (Phi) is 10.1. The zero-order valence-corrected chi connectivity index (χ0v) is 17.1. The highest BCUT2D eigenvalue weighted by atomic mass is 16.3. The Balaban J connectivity index is 2.47. The maximum atomic E-state index is 12.2. The fourth-order valence-electron chi connectivity index (χ4n) is 2.83. The van der Waals surface area contributed by atoms with Crippen LogP contribution < -0.4 is 21.7 Å². The van der Waals surface area contributed by atoms with Crippen molar-refractivity contribution in [1.82, 2.24) is 16.0 Å². The number of aliphatic hydroxyl groups excluding tert-OH is 1. The van der Waals surface area contributed by atoms with Gasteiger partial charge >= 0.3 is 0 Å². The number of rotatable bonds is 11. The summed E-state index contributed by atoms with van der Waals surface area (Å²) < 4.78 is 0. The molecule has 162 valence electrons. The second-order valence-corrected chi connectivity index (χ2v) is 7.54. The summed E-state index contributed by atoms with van der Waals surface area (Å²) in [6, 6.07) is 4.06. The Hall–Kier alpha value is -2.65. The van der Waals surface area contributed by atoms with E-state index < -0.39 is 30.5 Å². The maximum absolute atomic E-state index is 12.2. The monoisotopic (exact) mass is 408 g/mol. The predicted octanol–water partition coefficient (Wildman–Crippen LogP) is -0.594. The van der Waals surface area contributed by atoms with Gasteiger partial charge in [0.1, 0.15) is 11.8 Å². The summed E-state index contributed by atoms with van der Waals surface area (Å²) in [6.07, 6.45) is 1.01. The van der Waals surface area contributed by atoms with Gasteiger partial charge in [0, 0.05) is 6.04 Å².